The van der Waals surface area contributed by atoms with Crippen LogP contribution in [0.4, 0.5) is 5.69 Å². The van der Waals surface area contributed by atoms with Crippen molar-refractivity contribution >= 4 is 17.6 Å². The van der Waals surface area contributed by atoms with Gasteiger partial charge in [-0.3, -0.25) is 9.59 Å². The Morgan fingerprint density at radius 3 is 2.48 bits per heavy atom. The van der Waals surface area contributed by atoms with E-state index in [-0.39, 0.29) is 17.7 Å². The van der Waals surface area contributed by atoms with Crippen LogP contribution in [-0.2, 0) is 9.59 Å². The first-order valence-corrected chi connectivity index (χ1v) is 7.18. The van der Waals surface area contributed by atoms with Gasteiger partial charge in [-0.15, -0.1) is 0 Å². The van der Waals surface area contributed by atoms with Gasteiger partial charge in [0, 0.05) is 24.9 Å². The van der Waals surface area contributed by atoms with E-state index in [1.54, 1.807) is 12.1 Å². The summed E-state index contributed by atoms with van der Waals surface area (Å²) in [7, 11) is 0. The predicted molar refractivity (Wildman–Crippen MR) is 84.5 cm³/mol. The number of hydrogen-bond acceptors (Lipinski definition) is 5. The Balaban J connectivity index is 2.36. The summed E-state index contributed by atoms with van der Waals surface area (Å²) in [5.41, 5.74) is 0.570. The largest absolute Gasteiger partial charge is 0.508 e. The molecule has 0 aliphatic carbocycles. The van der Waals surface area contributed by atoms with Crippen LogP contribution in [0.25, 0.3) is 0 Å². The Kier molecular flexibility index (Phi) is 7.72. The first kappa shape index (κ1) is 18.0. The molecule has 0 radical (unpaired) electrons. The maximum Gasteiger partial charge on any atom is 0.303 e. The molecule has 0 unspecified atom stereocenters. The summed E-state index contributed by atoms with van der Waals surface area (Å²) in [6.45, 7) is 0.386. The van der Waals surface area contributed by atoms with Crippen LogP contribution in [-0.4, -0.2) is 28.6 Å². The normalized spacial score (nSPS) is 10.7. The fraction of sp³-hybridized carbons (Fsp3) is 0.312. The minimum absolute atomic E-state index is 0.0661. The van der Waals surface area contributed by atoms with Gasteiger partial charge in [-0.25, -0.2) is 0 Å². The zero-order chi connectivity index (χ0) is 17.1. The van der Waals surface area contributed by atoms with Gasteiger partial charge in [-0.2, -0.15) is 5.26 Å². The number of unbranched alkanes of at least 4 members (excludes halogenated alkanes) is 2. The molecule has 1 aromatic carbocycles. The number of nitriles is 1. The lowest BCUT2D eigenvalue weighted by atomic mass is 10.2. The molecule has 0 fully saturated rings. The van der Waals surface area contributed by atoms with Gasteiger partial charge in [0.1, 0.15) is 17.4 Å². The second-order valence-corrected chi connectivity index (χ2v) is 4.82. The number of anilines is 1. The van der Waals surface area contributed by atoms with Crippen molar-refractivity contribution in [2.24, 2.45) is 0 Å². The Hall–Kier alpha value is -3.01. The number of phenolic OH excluding ortho intramolecular Hbond substituents is 1. The van der Waals surface area contributed by atoms with E-state index >= 15 is 0 Å². The van der Waals surface area contributed by atoms with Crippen LogP contribution in [0.5, 0.6) is 5.75 Å². The summed E-state index contributed by atoms with van der Waals surface area (Å²) in [4.78, 5) is 22.2. The van der Waals surface area contributed by atoms with E-state index in [0.29, 0.717) is 31.5 Å². The van der Waals surface area contributed by atoms with Gasteiger partial charge in [-0.1, -0.05) is 6.42 Å². The van der Waals surface area contributed by atoms with E-state index in [9.17, 15) is 9.59 Å². The number of carboxylic acids is 1. The van der Waals surface area contributed by atoms with E-state index in [1.165, 1.54) is 18.3 Å². The molecular weight excluding hydrogens is 298 g/mol. The summed E-state index contributed by atoms with van der Waals surface area (Å²) in [6, 6.07) is 8.01. The van der Waals surface area contributed by atoms with Gasteiger partial charge in [0.15, 0.2) is 0 Å². The van der Waals surface area contributed by atoms with Crippen molar-refractivity contribution in [3.8, 4) is 11.8 Å². The van der Waals surface area contributed by atoms with Crippen LogP contribution in [0.1, 0.15) is 25.7 Å². The Bertz CT molecular complexity index is 603. The van der Waals surface area contributed by atoms with Crippen molar-refractivity contribution in [1.29, 1.82) is 5.26 Å². The number of benzene rings is 1. The van der Waals surface area contributed by atoms with Gasteiger partial charge >= 0.3 is 5.97 Å². The molecule has 0 saturated carbocycles. The Labute approximate surface area is 134 Å². The number of carbonyl (C=O) groups is 2. The molecule has 23 heavy (non-hydrogen) atoms. The van der Waals surface area contributed by atoms with Gasteiger partial charge in [0.25, 0.3) is 5.91 Å². The summed E-state index contributed by atoms with van der Waals surface area (Å²) < 4.78 is 0. The fourth-order valence-corrected chi connectivity index (χ4v) is 1.74. The molecule has 7 nitrogen and oxygen atoms in total. The highest BCUT2D eigenvalue weighted by atomic mass is 16.4. The van der Waals surface area contributed by atoms with Crippen molar-refractivity contribution in [1.82, 2.24) is 5.32 Å². The number of nitrogens with zero attached hydrogens (tertiary/aromatic N) is 1. The van der Waals surface area contributed by atoms with E-state index in [2.05, 4.69) is 10.6 Å². The first-order valence-electron chi connectivity index (χ1n) is 7.18. The highest BCUT2D eigenvalue weighted by molar-refractivity contribution is 5.97. The smallest absolute Gasteiger partial charge is 0.303 e. The first-order chi connectivity index (χ1) is 11.0. The van der Waals surface area contributed by atoms with E-state index in [0.717, 1.165) is 0 Å². The number of carbonyl (C=O) groups excluding carboxylic acids is 1. The molecule has 0 heterocycles. The summed E-state index contributed by atoms with van der Waals surface area (Å²) in [6.07, 6.45) is 3.33. The van der Waals surface area contributed by atoms with Crippen molar-refractivity contribution in [3.63, 3.8) is 0 Å². The second-order valence-electron chi connectivity index (χ2n) is 4.82. The quantitative estimate of drug-likeness (QED) is 0.239. The molecule has 1 amide bonds. The van der Waals surface area contributed by atoms with E-state index in [4.69, 9.17) is 15.5 Å². The lowest BCUT2D eigenvalue weighted by molar-refractivity contribution is -0.137. The number of phenols is 1. The van der Waals surface area contributed by atoms with E-state index in [1.807, 2.05) is 6.07 Å². The van der Waals surface area contributed by atoms with Crippen LogP contribution < -0.4 is 10.6 Å². The zero-order valence-corrected chi connectivity index (χ0v) is 12.6. The van der Waals surface area contributed by atoms with Gasteiger partial charge in [0.05, 0.1) is 0 Å². The molecule has 7 heteroatoms. The minimum Gasteiger partial charge on any atom is -0.508 e. The van der Waals surface area contributed by atoms with Crippen molar-refractivity contribution in [2.45, 2.75) is 25.7 Å². The van der Waals surface area contributed by atoms with Crippen LogP contribution in [0, 0.1) is 11.3 Å². The van der Waals surface area contributed by atoms with Crippen LogP contribution in [0.2, 0.25) is 0 Å². The molecule has 0 aliphatic heterocycles. The van der Waals surface area contributed by atoms with Crippen LogP contribution in [0.3, 0.4) is 0 Å². The third-order valence-corrected chi connectivity index (χ3v) is 2.97. The monoisotopic (exact) mass is 317 g/mol. The lowest BCUT2D eigenvalue weighted by Gasteiger charge is -2.05. The molecule has 0 aliphatic rings. The fourth-order valence-electron chi connectivity index (χ4n) is 1.74. The number of rotatable bonds is 9. The third kappa shape index (κ3) is 7.52. The number of hydrogen-bond donors (Lipinski definition) is 4. The van der Waals surface area contributed by atoms with Crippen molar-refractivity contribution in [3.05, 3.63) is 36.0 Å². The van der Waals surface area contributed by atoms with Crippen LogP contribution >= 0.6 is 0 Å². The zero-order valence-electron chi connectivity index (χ0n) is 12.6. The maximum absolute atomic E-state index is 11.8. The van der Waals surface area contributed by atoms with Crippen molar-refractivity contribution in [2.75, 3.05) is 11.9 Å². The summed E-state index contributed by atoms with van der Waals surface area (Å²) in [5.74, 6) is -1.19. The average Bonchev–Trinajstić information content (AvgIpc) is 2.52. The molecule has 122 valence electrons. The SMILES string of the molecule is N#C/C(=C/Nc1ccc(O)cc1)C(=O)NCCCCCC(=O)O. The number of aliphatic carboxylic acids is 1. The second kappa shape index (κ2) is 9.84. The minimum atomic E-state index is -0.830. The third-order valence-electron chi connectivity index (χ3n) is 2.97. The number of nitrogens with one attached hydrogen (secondary N) is 2. The predicted octanol–water partition coefficient (Wildman–Crippen LogP) is 1.97. The topological polar surface area (TPSA) is 122 Å². The van der Waals surface area contributed by atoms with Gasteiger partial charge in [-0.05, 0) is 37.1 Å². The van der Waals surface area contributed by atoms with E-state index < -0.39 is 11.9 Å². The average molecular weight is 317 g/mol. The lowest BCUT2D eigenvalue weighted by Crippen LogP contribution is -2.26. The molecule has 1 rings (SSSR count). The standard InChI is InChI=1S/C16H19N3O4/c17-10-12(11-19-13-5-7-14(20)8-6-13)16(23)18-9-3-1-2-4-15(21)22/h5-8,11,19-20H,1-4,9H2,(H,18,23)(H,21,22)/b12-11-. The number of amides is 1. The molecule has 0 bridgehead atoms. The molecule has 0 spiro atoms. The van der Waals surface area contributed by atoms with Crippen LogP contribution in [0.15, 0.2) is 36.0 Å². The molecule has 4 N–H and O–H groups in total. The maximum atomic E-state index is 11.8. The highest BCUT2D eigenvalue weighted by Crippen LogP contribution is 2.13. The molecular formula is C16H19N3O4. The molecule has 0 atom stereocenters. The molecule has 0 aromatic heterocycles. The number of aromatic hydroxyl groups is 1. The van der Waals surface area contributed by atoms with Gasteiger partial charge in [0.2, 0.25) is 0 Å². The Morgan fingerprint density at radius 2 is 1.87 bits per heavy atom. The van der Waals surface area contributed by atoms with Crippen molar-refractivity contribution < 1.29 is 19.8 Å². The molecule has 1 aromatic rings. The summed E-state index contributed by atoms with van der Waals surface area (Å²) in [5, 5.41) is 32.1. The Morgan fingerprint density at radius 1 is 1.17 bits per heavy atom. The number of carboxylic acid groups (broad SMARTS) is 1. The molecule has 0 saturated heterocycles. The summed E-state index contributed by atoms with van der Waals surface area (Å²) >= 11 is 0. The highest BCUT2D eigenvalue weighted by Gasteiger charge is 2.07. The van der Waals surface area contributed by atoms with Gasteiger partial charge < -0.3 is 20.8 Å².